The number of ether oxygens (including phenoxy) is 1. The molecular formula is C31H31ClN4O4. The molecular weight excluding hydrogens is 528 g/mol. The van der Waals surface area contributed by atoms with Crippen LogP contribution in [0, 0.1) is 0 Å². The number of hydrogen-bond acceptors (Lipinski definition) is 6. The summed E-state index contributed by atoms with van der Waals surface area (Å²) >= 11 is 6.44. The van der Waals surface area contributed by atoms with Gasteiger partial charge in [0, 0.05) is 17.5 Å². The molecule has 2 heterocycles. The van der Waals surface area contributed by atoms with E-state index < -0.39 is 23.8 Å². The molecule has 2 aliphatic rings. The lowest BCUT2D eigenvalue weighted by molar-refractivity contribution is -0.118. The fourth-order valence-corrected chi connectivity index (χ4v) is 5.40. The molecule has 1 aromatic heterocycles. The molecule has 40 heavy (non-hydrogen) atoms. The van der Waals surface area contributed by atoms with Gasteiger partial charge in [-0.15, -0.1) is 0 Å². The molecule has 0 radical (unpaired) electrons. The fourth-order valence-electron chi connectivity index (χ4n) is 5.16. The van der Waals surface area contributed by atoms with Crippen LogP contribution in [-0.2, 0) is 4.79 Å². The zero-order valence-electron chi connectivity index (χ0n) is 22.0. The number of nitrogens with one attached hydrogen (secondary N) is 2. The average molecular weight is 559 g/mol. The Bertz CT molecular complexity index is 1530. The van der Waals surface area contributed by atoms with Crippen LogP contribution >= 0.6 is 11.6 Å². The number of carbonyl (C=O) groups is 2. The normalized spacial score (nSPS) is 17.1. The minimum Gasteiger partial charge on any atom is -0.489 e. The number of H-pyrrole nitrogens is 1. The predicted octanol–water partition coefficient (Wildman–Crippen LogP) is 4.92. The Morgan fingerprint density at radius 2 is 1.80 bits per heavy atom. The molecule has 206 valence electrons. The zero-order valence-corrected chi connectivity index (χ0v) is 22.7. The third kappa shape index (κ3) is 5.89. The van der Waals surface area contributed by atoms with Gasteiger partial charge in [-0.05, 0) is 79.7 Å². The minimum atomic E-state index is -1.05. The van der Waals surface area contributed by atoms with E-state index >= 15 is 0 Å². The number of halogens is 1. The average Bonchev–Trinajstić information content (AvgIpc) is 3.41. The lowest BCUT2D eigenvalue weighted by atomic mass is 9.99. The number of hydrogen-bond donors (Lipinski definition) is 3. The van der Waals surface area contributed by atoms with Crippen molar-refractivity contribution < 1.29 is 19.4 Å². The lowest BCUT2D eigenvalue weighted by Gasteiger charge is -2.28. The van der Waals surface area contributed by atoms with Crippen molar-refractivity contribution in [1.82, 2.24) is 20.4 Å². The standard InChI is InChI=1S/C31H31ClN4O4/c32-25-16-22(8-12-28(25)40-24-9-10-24)29(37)27(18-36-13-1-2-14-36)34-31(39)30(38)20-5-3-19(4-6-20)21-7-11-26-23(15-21)17-33-35-26/h3-8,11-12,15-17,24,27,29,37H,1-2,9-10,13-14,18H2,(H,33,35)(H,34,39)/t27-,29-/m1/s1. The van der Waals surface area contributed by atoms with E-state index in [9.17, 15) is 14.7 Å². The Morgan fingerprint density at radius 3 is 2.52 bits per heavy atom. The van der Waals surface area contributed by atoms with Crippen molar-refractivity contribution in [2.75, 3.05) is 19.6 Å². The largest absolute Gasteiger partial charge is 0.489 e. The smallest absolute Gasteiger partial charge is 0.292 e. The molecule has 3 N–H and O–H groups in total. The maximum atomic E-state index is 13.1. The van der Waals surface area contributed by atoms with Gasteiger partial charge in [-0.25, -0.2) is 0 Å². The zero-order chi connectivity index (χ0) is 27.6. The maximum Gasteiger partial charge on any atom is 0.292 e. The molecule has 3 aromatic carbocycles. The highest BCUT2D eigenvalue weighted by atomic mass is 35.5. The molecule has 0 spiro atoms. The van der Waals surface area contributed by atoms with E-state index in [4.69, 9.17) is 16.3 Å². The van der Waals surface area contributed by atoms with Crippen LogP contribution in [0.1, 0.15) is 47.7 Å². The van der Waals surface area contributed by atoms with Gasteiger partial charge in [0.1, 0.15) is 11.9 Å². The first kappa shape index (κ1) is 26.5. The summed E-state index contributed by atoms with van der Waals surface area (Å²) in [6, 6.07) is 17.4. The quantitative estimate of drug-likeness (QED) is 0.188. The molecule has 9 heteroatoms. The van der Waals surface area contributed by atoms with Gasteiger partial charge in [-0.2, -0.15) is 5.10 Å². The molecule has 4 aromatic rings. The van der Waals surface area contributed by atoms with Gasteiger partial charge in [0.2, 0.25) is 5.78 Å². The Morgan fingerprint density at radius 1 is 1.05 bits per heavy atom. The van der Waals surface area contributed by atoms with E-state index in [-0.39, 0.29) is 11.7 Å². The number of carbonyl (C=O) groups excluding carboxylic acids is 2. The Balaban J connectivity index is 1.16. The lowest BCUT2D eigenvalue weighted by Crippen LogP contribution is -2.48. The highest BCUT2D eigenvalue weighted by Gasteiger charge is 2.30. The SMILES string of the molecule is O=C(N[C@H](CN1CCCC1)[C@H](O)c1ccc(OC2CC2)c(Cl)c1)C(=O)c1ccc(-c2ccc3[nH]ncc3c2)cc1. The molecule has 1 saturated carbocycles. The van der Waals surface area contributed by atoms with Crippen LogP contribution in [0.2, 0.25) is 5.02 Å². The van der Waals surface area contributed by atoms with Crippen molar-refractivity contribution in [2.24, 2.45) is 0 Å². The summed E-state index contributed by atoms with van der Waals surface area (Å²) in [6.07, 6.45) is 5.08. The number of nitrogens with zero attached hydrogens (tertiary/aromatic N) is 2. The highest BCUT2D eigenvalue weighted by Crippen LogP contribution is 2.34. The van der Waals surface area contributed by atoms with Gasteiger partial charge >= 0.3 is 0 Å². The predicted molar refractivity (Wildman–Crippen MR) is 154 cm³/mol. The Labute approximate surface area is 237 Å². The van der Waals surface area contributed by atoms with E-state index in [2.05, 4.69) is 20.4 Å². The van der Waals surface area contributed by atoms with Crippen LogP contribution in [0.3, 0.4) is 0 Å². The molecule has 8 nitrogen and oxygen atoms in total. The number of aliphatic hydroxyl groups excluding tert-OH is 1. The summed E-state index contributed by atoms with van der Waals surface area (Å²) in [5.74, 6) is -0.819. The number of benzene rings is 3. The first-order valence-electron chi connectivity index (χ1n) is 13.7. The maximum absolute atomic E-state index is 13.1. The van der Waals surface area contributed by atoms with E-state index in [0.29, 0.717) is 22.9 Å². The molecule has 1 saturated heterocycles. The number of fused-ring (bicyclic) bond motifs is 1. The molecule has 2 fully saturated rings. The minimum absolute atomic E-state index is 0.204. The van der Waals surface area contributed by atoms with Gasteiger partial charge in [0.25, 0.3) is 5.91 Å². The number of aromatic nitrogens is 2. The van der Waals surface area contributed by atoms with Crippen LogP contribution in [0.15, 0.2) is 66.9 Å². The van der Waals surface area contributed by atoms with Crippen LogP contribution in [0.4, 0.5) is 0 Å². The van der Waals surface area contributed by atoms with Crippen molar-refractivity contribution >= 4 is 34.2 Å². The molecule has 6 rings (SSSR count). The van der Waals surface area contributed by atoms with E-state index in [1.165, 1.54) is 0 Å². The van der Waals surface area contributed by atoms with Crippen LogP contribution in [0.5, 0.6) is 5.75 Å². The van der Waals surface area contributed by atoms with Crippen LogP contribution in [0.25, 0.3) is 22.0 Å². The second kappa shape index (κ2) is 11.4. The highest BCUT2D eigenvalue weighted by molar-refractivity contribution is 6.42. The van der Waals surface area contributed by atoms with Gasteiger partial charge in [0.05, 0.1) is 28.9 Å². The topological polar surface area (TPSA) is 108 Å². The van der Waals surface area contributed by atoms with Gasteiger partial charge in [-0.3, -0.25) is 14.7 Å². The number of aliphatic hydroxyl groups is 1. The molecule has 1 aliphatic heterocycles. The monoisotopic (exact) mass is 558 g/mol. The molecule has 2 atom stereocenters. The third-order valence-electron chi connectivity index (χ3n) is 7.59. The van der Waals surface area contributed by atoms with Crippen LogP contribution < -0.4 is 10.1 Å². The summed E-state index contributed by atoms with van der Waals surface area (Å²) in [4.78, 5) is 28.4. The molecule has 1 aliphatic carbocycles. The number of amides is 1. The van der Waals surface area contributed by atoms with Gasteiger partial charge in [0.15, 0.2) is 0 Å². The number of aromatic amines is 1. The van der Waals surface area contributed by atoms with E-state index in [1.807, 2.05) is 30.3 Å². The van der Waals surface area contributed by atoms with Gasteiger partial charge < -0.3 is 20.1 Å². The first-order valence-corrected chi connectivity index (χ1v) is 14.1. The Kier molecular flexibility index (Phi) is 7.56. The van der Waals surface area contributed by atoms with Crippen LogP contribution in [-0.4, -0.2) is 63.7 Å². The summed E-state index contributed by atoms with van der Waals surface area (Å²) in [7, 11) is 0. The number of likely N-dealkylation sites (tertiary alicyclic amines) is 1. The first-order chi connectivity index (χ1) is 19.4. The van der Waals surface area contributed by atoms with E-state index in [0.717, 1.165) is 60.8 Å². The fraction of sp³-hybridized carbons (Fsp3) is 0.323. The molecule has 1 amide bonds. The number of ketones is 1. The summed E-state index contributed by atoms with van der Waals surface area (Å²) < 4.78 is 5.82. The van der Waals surface area contributed by atoms with Crippen molar-refractivity contribution in [3.05, 3.63) is 83.0 Å². The molecule has 0 unspecified atom stereocenters. The third-order valence-corrected chi connectivity index (χ3v) is 7.89. The second-order valence-electron chi connectivity index (χ2n) is 10.6. The summed E-state index contributed by atoms with van der Waals surface area (Å²) in [5.41, 5.74) is 3.70. The van der Waals surface area contributed by atoms with Crippen molar-refractivity contribution in [2.45, 2.75) is 43.9 Å². The summed E-state index contributed by atoms with van der Waals surface area (Å²) in [5, 5.41) is 22.5. The number of Topliss-reactive ketones (excluding diaryl/α,β-unsaturated/α-hetero) is 1. The van der Waals surface area contributed by atoms with Crippen molar-refractivity contribution in [1.29, 1.82) is 0 Å². The Hall–Kier alpha value is -3.72. The summed E-state index contributed by atoms with van der Waals surface area (Å²) in [6.45, 7) is 2.19. The second-order valence-corrected chi connectivity index (χ2v) is 11.0. The van der Waals surface area contributed by atoms with Gasteiger partial charge in [-0.1, -0.05) is 48.0 Å². The molecule has 0 bridgehead atoms. The van der Waals surface area contributed by atoms with Crippen molar-refractivity contribution in [3.8, 4) is 16.9 Å². The van der Waals surface area contributed by atoms with E-state index in [1.54, 1.807) is 36.5 Å². The number of rotatable bonds is 10. The van der Waals surface area contributed by atoms with Crippen molar-refractivity contribution in [3.63, 3.8) is 0 Å².